The number of nitrogens with zero attached hydrogens (tertiary/aromatic N) is 3. The number of hydrogen-bond donors (Lipinski definition) is 0. The third-order valence-electron chi connectivity index (χ3n) is 2.75. The Balaban J connectivity index is 2.82. The van der Waals surface area contributed by atoms with Gasteiger partial charge in [-0.2, -0.15) is 0 Å². The molecule has 19 heavy (non-hydrogen) atoms. The maximum absolute atomic E-state index is 11.9. The van der Waals surface area contributed by atoms with Crippen LogP contribution in [0.4, 0.5) is 5.82 Å². The number of hydrogen-bond acceptors (Lipinski definition) is 4. The second-order valence-electron chi connectivity index (χ2n) is 4.63. The van der Waals surface area contributed by atoms with Crippen molar-refractivity contribution in [2.24, 2.45) is 0 Å². The molecule has 1 rings (SSSR count). The second-order valence-corrected chi connectivity index (χ2v) is 8.35. The van der Waals surface area contributed by atoms with Gasteiger partial charge in [-0.05, 0) is 18.6 Å². The van der Waals surface area contributed by atoms with Gasteiger partial charge in [0.05, 0.1) is 0 Å². The van der Waals surface area contributed by atoms with E-state index in [0.717, 1.165) is 18.8 Å². The number of anilines is 1. The van der Waals surface area contributed by atoms with Crippen LogP contribution in [0.25, 0.3) is 0 Å². The summed E-state index contributed by atoms with van der Waals surface area (Å²) < 4.78 is 25.0. The Morgan fingerprint density at radius 1 is 1.32 bits per heavy atom. The lowest BCUT2D eigenvalue weighted by Crippen LogP contribution is -2.24. The third-order valence-corrected chi connectivity index (χ3v) is 5.01. The zero-order valence-corrected chi connectivity index (χ0v) is 14.1. The molecule has 0 fully saturated rings. The van der Waals surface area contributed by atoms with Gasteiger partial charge in [-0.3, -0.25) is 0 Å². The Hall–Kier alpha value is -0.660. The molecule has 0 saturated carbocycles. The van der Waals surface area contributed by atoms with Gasteiger partial charge < -0.3 is 4.90 Å². The Morgan fingerprint density at radius 2 is 1.95 bits per heavy atom. The van der Waals surface area contributed by atoms with E-state index < -0.39 is 10.0 Å². The fourth-order valence-corrected chi connectivity index (χ4v) is 2.50. The molecule has 0 spiro atoms. The quantitative estimate of drug-likeness (QED) is 0.736. The first-order chi connectivity index (χ1) is 8.75. The summed E-state index contributed by atoms with van der Waals surface area (Å²) in [6, 6.07) is 3.32. The predicted molar refractivity (Wildman–Crippen MR) is 81.4 cm³/mol. The van der Waals surface area contributed by atoms with Gasteiger partial charge in [0.2, 0.25) is 10.0 Å². The van der Waals surface area contributed by atoms with Crippen LogP contribution in [0.5, 0.6) is 0 Å². The molecular formula is C12H20BrN3O2S. The molecule has 1 aromatic rings. The van der Waals surface area contributed by atoms with Gasteiger partial charge in [-0.1, -0.05) is 22.9 Å². The average molecular weight is 350 g/mol. The van der Waals surface area contributed by atoms with Gasteiger partial charge in [0.15, 0.2) is 0 Å². The molecule has 0 aliphatic heterocycles. The first-order valence-electron chi connectivity index (χ1n) is 5.99. The SMILES string of the molecule is CC(Br)CCN(C)c1ccc(S(=O)(=O)N(C)C)cn1. The van der Waals surface area contributed by atoms with Crippen molar-refractivity contribution in [3.05, 3.63) is 18.3 Å². The van der Waals surface area contributed by atoms with Crippen molar-refractivity contribution < 1.29 is 8.42 Å². The van der Waals surface area contributed by atoms with Gasteiger partial charge in [-0.25, -0.2) is 17.7 Å². The molecule has 0 aliphatic rings. The first-order valence-corrected chi connectivity index (χ1v) is 8.34. The topological polar surface area (TPSA) is 53.5 Å². The van der Waals surface area contributed by atoms with Gasteiger partial charge >= 0.3 is 0 Å². The second kappa shape index (κ2) is 6.67. The molecule has 7 heteroatoms. The lowest BCUT2D eigenvalue weighted by molar-refractivity contribution is 0.520. The van der Waals surface area contributed by atoms with E-state index >= 15 is 0 Å². The first kappa shape index (κ1) is 16.4. The van der Waals surface area contributed by atoms with Gasteiger partial charge in [0.1, 0.15) is 10.7 Å². The van der Waals surface area contributed by atoms with Crippen molar-refractivity contribution >= 4 is 31.8 Å². The summed E-state index contributed by atoms with van der Waals surface area (Å²) in [6.07, 6.45) is 2.40. The van der Waals surface area contributed by atoms with E-state index in [4.69, 9.17) is 0 Å². The zero-order chi connectivity index (χ0) is 14.6. The van der Waals surface area contributed by atoms with E-state index in [0.29, 0.717) is 4.83 Å². The smallest absolute Gasteiger partial charge is 0.244 e. The van der Waals surface area contributed by atoms with E-state index in [9.17, 15) is 8.42 Å². The van der Waals surface area contributed by atoms with Crippen LogP contribution < -0.4 is 4.90 Å². The van der Waals surface area contributed by atoms with Gasteiger partial charge in [0.25, 0.3) is 0 Å². The molecule has 0 N–H and O–H groups in total. The zero-order valence-electron chi connectivity index (χ0n) is 11.7. The molecule has 0 radical (unpaired) electrons. The Bertz CT molecular complexity index is 500. The van der Waals surface area contributed by atoms with Crippen molar-refractivity contribution in [3.63, 3.8) is 0 Å². The van der Waals surface area contributed by atoms with Crippen molar-refractivity contribution in [2.45, 2.75) is 23.1 Å². The van der Waals surface area contributed by atoms with Crippen LogP contribution in [0.2, 0.25) is 0 Å². The van der Waals surface area contributed by atoms with Crippen LogP contribution in [-0.2, 0) is 10.0 Å². The summed E-state index contributed by atoms with van der Waals surface area (Å²) in [6.45, 7) is 2.95. The molecule has 108 valence electrons. The average Bonchev–Trinajstić information content (AvgIpc) is 2.35. The Kier molecular flexibility index (Phi) is 5.76. The van der Waals surface area contributed by atoms with E-state index in [-0.39, 0.29) is 4.90 Å². The minimum Gasteiger partial charge on any atom is -0.360 e. The Labute approximate surface area is 123 Å². The number of rotatable bonds is 6. The number of aromatic nitrogens is 1. The summed E-state index contributed by atoms with van der Waals surface area (Å²) in [5, 5.41) is 0. The number of pyridine rings is 1. The summed E-state index contributed by atoms with van der Waals surface area (Å²) in [5.41, 5.74) is 0. The largest absolute Gasteiger partial charge is 0.360 e. The number of halogens is 1. The van der Waals surface area contributed by atoms with Crippen LogP contribution in [-0.4, -0.2) is 50.2 Å². The van der Waals surface area contributed by atoms with Crippen LogP contribution in [0.15, 0.2) is 23.2 Å². The van der Waals surface area contributed by atoms with Crippen LogP contribution in [0.3, 0.4) is 0 Å². The van der Waals surface area contributed by atoms with Crippen molar-refractivity contribution in [1.29, 1.82) is 0 Å². The molecular weight excluding hydrogens is 330 g/mol. The lowest BCUT2D eigenvalue weighted by atomic mass is 10.3. The maximum atomic E-state index is 11.9. The van der Waals surface area contributed by atoms with Crippen molar-refractivity contribution in [3.8, 4) is 0 Å². The Morgan fingerprint density at radius 3 is 2.37 bits per heavy atom. The van der Waals surface area contributed by atoms with E-state index in [2.05, 4.69) is 27.8 Å². The van der Waals surface area contributed by atoms with Crippen LogP contribution >= 0.6 is 15.9 Å². The minimum atomic E-state index is -3.40. The molecule has 0 aromatic carbocycles. The fraction of sp³-hybridized carbons (Fsp3) is 0.583. The summed E-state index contributed by atoms with van der Waals surface area (Å²) in [7, 11) is 1.56. The molecule has 0 amide bonds. The molecule has 5 nitrogen and oxygen atoms in total. The van der Waals surface area contributed by atoms with Crippen molar-refractivity contribution in [1.82, 2.24) is 9.29 Å². The normalized spacial score (nSPS) is 13.6. The van der Waals surface area contributed by atoms with Crippen LogP contribution in [0.1, 0.15) is 13.3 Å². The molecule has 1 atom stereocenters. The summed E-state index contributed by atoms with van der Waals surface area (Å²) in [4.78, 5) is 6.87. The van der Waals surface area contributed by atoms with E-state index in [1.54, 1.807) is 12.1 Å². The van der Waals surface area contributed by atoms with Crippen LogP contribution in [0, 0.1) is 0 Å². The lowest BCUT2D eigenvalue weighted by Gasteiger charge is -2.19. The van der Waals surface area contributed by atoms with E-state index in [1.165, 1.54) is 24.6 Å². The standard InChI is InChI=1S/C12H20BrN3O2S/c1-10(13)7-8-16(4)12-6-5-11(9-14-12)19(17,18)15(2)3/h5-6,9-10H,7-8H2,1-4H3. The molecule has 1 aromatic heterocycles. The van der Waals surface area contributed by atoms with Crippen molar-refractivity contribution in [2.75, 3.05) is 32.6 Å². The van der Waals surface area contributed by atoms with Gasteiger partial charge in [0, 0.05) is 38.7 Å². The number of sulfonamides is 1. The fourth-order valence-electron chi connectivity index (χ4n) is 1.45. The highest BCUT2D eigenvalue weighted by Gasteiger charge is 2.17. The molecule has 0 saturated heterocycles. The minimum absolute atomic E-state index is 0.212. The predicted octanol–water partition coefficient (Wildman–Crippen LogP) is 1.94. The highest BCUT2D eigenvalue weighted by molar-refractivity contribution is 9.09. The third kappa shape index (κ3) is 4.43. The summed E-state index contributed by atoms with van der Waals surface area (Å²) >= 11 is 3.50. The highest BCUT2D eigenvalue weighted by Crippen LogP contribution is 2.16. The molecule has 0 aliphatic carbocycles. The highest BCUT2D eigenvalue weighted by atomic mass is 79.9. The monoisotopic (exact) mass is 349 g/mol. The molecule has 0 bridgehead atoms. The number of alkyl halides is 1. The van der Waals surface area contributed by atoms with E-state index in [1.807, 2.05) is 11.9 Å². The maximum Gasteiger partial charge on any atom is 0.244 e. The van der Waals surface area contributed by atoms with Gasteiger partial charge in [-0.15, -0.1) is 0 Å². The molecule has 1 unspecified atom stereocenters. The molecule has 1 heterocycles. The summed E-state index contributed by atoms with van der Waals surface area (Å²) in [5.74, 6) is 0.769.